The van der Waals surface area contributed by atoms with E-state index in [-0.39, 0.29) is 23.3 Å². The summed E-state index contributed by atoms with van der Waals surface area (Å²) >= 11 is 5.93. The Hall–Kier alpha value is -3.97. The monoisotopic (exact) mass is 541 g/mol. The summed E-state index contributed by atoms with van der Waals surface area (Å²) in [5.74, 6) is 0.550. The number of pyridine rings is 1. The summed E-state index contributed by atoms with van der Waals surface area (Å²) in [5, 5.41) is 11.2. The van der Waals surface area contributed by atoms with Crippen LogP contribution < -0.4 is 10.6 Å². The average molecular weight is 542 g/mol. The zero-order valence-corrected chi connectivity index (χ0v) is 22.3. The molecule has 0 spiro atoms. The summed E-state index contributed by atoms with van der Waals surface area (Å²) in [5.41, 5.74) is 5.55. The molecular formula is C31H29ClFN5O. The van der Waals surface area contributed by atoms with Gasteiger partial charge in [-0.2, -0.15) is 5.10 Å². The highest BCUT2D eigenvalue weighted by molar-refractivity contribution is 6.30. The Kier molecular flexibility index (Phi) is 6.69. The first-order valence-corrected chi connectivity index (χ1v) is 13.5. The molecular weight excluding hydrogens is 513 g/mol. The molecule has 2 aromatic carbocycles. The van der Waals surface area contributed by atoms with Gasteiger partial charge in [0, 0.05) is 6.20 Å². The van der Waals surface area contributed by atoms with Gasteiger partial charge in [-0.15, -0.1) is 0 Å². The third kappa shape index (κ3) is 5.06. The maximum atomic E-state index is 13.5. The standard InChI is InChI=1S/C31H29ClFN5O/c1-31-17-21-18-35-38(26-12-10-25(33)11-13-26)28(21)16-23(31)8-7-22(31)15-27(20-5-3-2-4-6-20)36-30(39)37-29-14-9-24(32)19-34-29/h2-6,9-14,16,18-19,22,27H,7-8,15,17H2,1H3,(H2,34,36,37,39). The van der Waals surface area contributed by atoms with E-state index in [0.717, 1.165) is 42.6 Å². The number of allylic oxidation sites excluding steroid dienone is 1. The molecule has 39 heavy (non-hydrogen) atoms. The topological polar surface area (TPSA) is 71.8 Å². The van der Waals surface area contributed by atoms with Gasteiger partial charge >= 0.3 is 6.03 Å². The molecule has 2 N–H and O–H groups in total. The van der Waals surface area contributed by atoms with Crippen LogP contribution in [0.2, 0.25) is 5.02 Å². The Morgan fingerprint density at radius 1 is 1.13 bits per heavy atom. The van der Waals surface area contributed by atoms with E-state index in [0.29, 0.717) is 16.8 Å². The molecule has 0 radical (unpaired) electrons. The predicted molar refractivity (Wildman–Crippen MR) is 151 cm³/mol. The molecule has 2 heterocycles. The van der Waals surface area contributed by atoms with Gasteiger partial charge in [0.25, 0.3) is 0 Å². The summed E-state index contributed by atoms with van der Waals surface area (Å²) in [6.07, 6.45) is 9.45. The van der Waals surface area contributed by atoms with Crippen LogP contribution in [0.4, 0.5) is 15.0 Å². The number of anilines is 1. The van der Waals surface area contributed by atoms with Gasteiger partial charge in [0.05, 0.1) is 28.6 Å². The largest absolute Gasteiger partial charge is 0.331 e. The number of nitrogens with zero attached hydrogens (tertiary/aromatic N) is 3. The summed E-state index contributed by atoms with van der Waals surface area (Å²) in [6.45, 7) is 2.34. The van der Waals surface area contributed by atoms with Crippen LogP contribution in [0, 0.1) is 17.2 Å². The van der Waals surface area contributed by atoms with Crippen LogP contribution in [-0.2, 0) is 6.42 Å². The molecule has 2 aliphatic rings. The third-order valence-electron chi connectivity index (χ3n) is 8.22. The number of urea groups is 1. The normalized spacial score (nSPS) is 20.5. The Balaban J connectivity index is 1.23. The summed E-state index contributed by atoms with van der Waals surface area (Å²) in [7, 11) is 0. The molecule has 1 saturated carbocycles. The molecule has 3 unspecified atom stereocenters. The number of carbonyl (C=O) groups is 1. The molecule has 198 valence electrons. The fraction of sp³-hybridized carbons (Fsp3) is 0.258. The predicted octanol–water partition coefficient (Wildman–Crippen LogP) is 7.37. The van der Waals surface area contributed by atoms with E-state index >= 15 is 0 Å². The third-order valence-corrected chi connectivity index (χ3v) is 8.44. The molecule has 6 rings (SSSR count). The SMILES string of the molecule is CC12Cc3cnn(-c4ccc(F)cc4)c3C=C1CCC2CC(NC(=O)Nc1ccc(Cl)cn1)c1ccccc1. The van der Waals surface area contributed by atoms with Crippen LogP contribution in [0.1, 0.15) is 49.0 Å². The fourth-order valence-electron chi connectivity index (χ4n) is 6.11. The molecule has 2 aromatic heterocycles. The van der Waals surface area contributed by atoms with Crippen molar-refractivity contribution in [3.8, 4) is 5.69 Å². The first-order valence-electron chi connectivity index (χ1n) is 13.2. The molecule has 6 nitrogen and oxygen atoms in total. The van der Waals surface area contributed by atoms with Gasteiger partial charge in [-0.3, -0.25) is 5.32 Å². The number of rotatable bonds is 6. The Morgan fingerprint density at radius 2 is 1.92 bits per heavy atom. The number of aromatic nitrogens is 3. The van der Waals surface area contributed by atoms with Crippen LogP contribution in [0.3, 0.4) is 0 Å². The van der Waals surface area contributed by atoms with Gasteiger partial charge in [-0.1, -0.05) is 54.4 Å². The summed E-state index contributed by atoms with van der Waals surface area (Å²) in [4.78, 5) is 17.2. The van der Waals surface area contributed by atoms with Gasteiger partial charge in [0.15, 0.2) is 0 Å². The van der Waals surface area contributed by atoms with Crippen LogP contribution in [0.25, 0.3) is 11.8 Å². The van der Waals surface area contributed by atoms with Crippen LogP contribution >= 0.6 is 11.6 Å². The molecule has 0 aliphatic heterocycles. The molecule has 8 heteroatoms. The number of amides is 2. The molecule has 2 aliphatic carbocycles. The summed E-state index contributed by atoms with van der Waals surface area (Å²) in [6, 6.07) is 19.5. The molecule has 3 atom stereocenters. The van der Waals surface area contributed by atoms with Crippen molar-refractivity contribution in [1.29, 1.82) is 0 Å². The van der Waals surface area contributed by atoms with Crippen molar-refractivity contribution in [3.05, 3.63) is 112 Å². The van der Waals surface area contributed by atoms with Crippen molar-refractivity contribution >= 4 is 29.5 Å². The van der Waals surface area contributed by atoms with Gasteiger partial charge in [0.2, 0.25) is 0 Å². The van der Waals surface area contributed by atoms with Crippen LogP contribution in [-0.4, -0.2) is 20.8 Å². The van der Waals surface area contributed by atoms with Crippen molar-refractivity contribution in [2.45, 2.75) is 38.6 Å². The van der Waals surface area contributed by atoms with E-state index in [2.05, 4.69) is 45.8 Å². The number of halogens is 2. The summed E-state index contributed by atoms with van der Waals surface area (Å²) < 4.78 is 15.4. The van der Waals surface area contributed by atoms with Crippen molar-refractivity contribution < 1.29 is 9.18 Å². The molecule has 0 saturated heterocycles. The van der Waals surface area contributed by atoms with Crippen molar-refractivity contribution in [3.63, 3.8) is 0 Å². The quantitative estimate of drug-likeness (QED) is 0.268. The number of hydrogen-bond donors (Lipinski definition) is 2. The molecule has 4 aromatic rings. The first-order chi connectivity index (χ1) is 18.9. The van der Waals surface area contributed by atoms with E-state index in [1.54, 1.807) is 24.3 Å². The zero-order chi connectivity index (χ0) is 27.0. The Labute approximate surface area is 231 Å². The van der Waals surface area contributed by atoms with E-state index in [1.165, 1.54) is 29.5 Å². The van der Waals surface area contributed by atoms with E-state index in [9.17, 15) is 9.18 Å². The lowest BCUT2D eigenvalue weighted by atomic mass is 9.68. The lowest BCUT2D eigenvalue weighted by molar-refractivity contribution is 0.222. The zero-order valence-electron chi connectivity index (χ0n) is 21.6. The highest BCUT2D eigenvalue weighted by atomic mass is 35.5. The number of nitrogens with one attached hydrogen (secondary N) is 2. The molecule has 1 fully saturated rings. The second kappa shape index (κ2) is 10.3. The first kappa shape index (κ1) is 25.3. The van der Waals surface area contributed by atoms with E-state index < -0.39 is 0 Å². The highest BCUT2D eigenvalue weighted by Crippen LogP contribution is 2.55. The maximum absolute atomic E-state index is 13.5. The minimum atomic E-state index is -0.302. The number of fused-ring (bicyclic) bond motifs is 2. The van der Waals surface area contributed by atoms with Crippen LogP contribution in [0.5, 0.6) is 0 Å². The number of carbonyl (C=O) groups excluding carboxylic acids is 1. The highest BCUT2D eigenvalue weighted by Gasteiger charge is 2.46. The van der Waals surface area contributed by atoms with Crippen molar-refractivity contribution in [2.75, 3.05) is 5.32 Å². The van der Waals surface area contributed by atoms with Crippen LogP contribution in [0.15, 0.2) is 84.7 Å². The van der Waals surface area contributed by atoms with Gasteiger partial charge in [-0.05, 0) is 90.6 Å². The van der Waals surface area contributed by atoms with Crippen molar-refractivity contribution in [2.24, 2.45) is 11.3 Å². The van der Waals surface area contributed by atoms with Crippen molar-refractivity contribution in [1.82, 2.24) is 20.1 Å². The number of hydrogen-bond acceptors (Lipinski definition) is 3. The minimum Gasteiger partial charge on any atom is -0.331 e. The second-order valence-corrected chi connectivity index (χ2v) is 11.0. The van der Waals surface area contributed by atoms with E-state index in [1.807, 2.05) is 29.1 Å². The van der Waals surface area contributed by atoms with E-state index in [4.69, 9.17) is 11.6 Å². The van der Waals surface area contributed by atoms with Gasteiger partial charge in [-0.25, -0.2) is 18.9 Å². The lowest BCUT2D eigenvalue weighted by Gasteiger charge is -2.37. The fourth-order valence-corrected chi connectivity index (χ4v) is 6.22. The minimum absolute atomic E-state index is 0.0351. The van der Waals surface area contributed by atoms with Gasteiger partial charge < -0.3 is 5.32 Å². The Bertz CT molecular complexity index is 1520. The maximum Gasteiger partial charge on any atom is 0.320 e. The van der Waals surface area contributed by atoms with Gasteiger partial charge in [0.1, 0.15) is 11.6 Å². The molecule has 0 bridgehead atoms. The second-order valence-electron chi connectivity index (χ2n) is 10.6. The average Bonchev–Trinajstić information content (AvgIpc) is 3.48. The lowest BCUT2D eigenvalue weighted by Crippen LogP contribution is -2.36. The number of benzene rings is 2. The smallest absolute Gasteiger partial charge is 0.320 e. The Morgan fingerprint density at radius 3 is 2.67 bits per heavy atom. The molecule has 2 amide bonds.